The van der Waals surface area contributed by atoms with Crippen LogP contribution in [0.4, 0.5) is 4.39 Å². The van der Waals surface area contributed by atoms with E-state index >= 15 is 0 Å². The molecule has 2 aromatic rings. The van der Waals surface area contributed by atoms with E-state index in [0.717, 1.165) is 31.1 Å². The number of methoxy groups -OCH3 is 1. The molecule has 4 nitrogen and oxygen atoms in total. The van der Waals surface area contributed by atoms with Gasteiger partial charge in [-0.1, -0.05) is 30.3 Å². The zero-order valence-electron chi connectivity index (χ0n) is 15.3. The van der Waals surface area contributed by atoms with Crippen molar-refractivity contribution in [2.75, 3.05) is 27.2 Å². The quantitative estimate of drug-likeness (QED) is 0.267. The van der Waals surface area contributed by atoms with E-state index in [4.69, 9.17) is 4.74 Å². The van der Waals surface area contributed by atoms with E-state index in [0.29, 0.717) is 18.5 Å². The number of halogens is 2. The molecule has 0 radical (unpaired) electrons. The lowest BCUT2D eigenvalue weighted by molar-refractivity contribution is 0.414. The number of guanidine groups is 1. The molecule has 0 atom stereocenters. The highest BCUT2D eigenvalue weighted by molar-refractivity contribution is 14.0. The first kappa shape index (κ1) is 22.2. The Balaban J connectivity index is 0.00000338. The number of rotatable bonds is 8. The first-order chi connectivity index (χ1) is 12.2. The van der Waals surface area contributed by atoms with Crippen molar-refractivity contribution in [3.05, 3.63) is 65.5 Å². The highest BCUT2D eigenvalue weighted by Crippen LogP contribution is 2.13. The van der Waals surface area contributed by atoms with Crippen LogP contribution in [0.5, 0.6) is 5.75 Å². The molecular formula is C20H27FIN3O. The fourth-order valence-electron chi connectivity index (χ4n) is 2.56. The Bertz CT molecular complexity index is 694. The van der Waals surface area contributed by atoms with Crippen LogP contribution in [0, 0.1) is 5.82 Å². The molecule has 26 heavy (non-hydrogen) atoms. The summed E-state index contributed by atoms with van der Waals surface area (Å²) in [5, 5.41) is 6.50. The van der Waals surface area contributed by atoms with Crippen LogP contribution in [0.2, 0.25) is 0 Å². The van der Waals surface area contributed by atoms with Gasteiger partial charge in [0.25, 0.3) is 0 Å². The summed E-state index contributed by atoms with van der Waals surface area (Å²) in [5.41, 5.74) is 1.96. The maximum Gasteiger partial charge on any atom is 0.190 e. The van der Waals surface area contributed by atoms with Crippen molar-refractivity contribution >= 4 is 29.9 Å². The van der Waals surface area contributed by atoms with Gasteiger partial charge in [-0.2, -0.15) is 0 Å². The molecule has 0 aliphatic carbocycles. The molecule has 2 N–H and O–H groups in total. The summed E-state index contributed by atoms with van der Waals surface area (Å²) in [6.45, 7) is 1.45. The SMILES string of the molecule is CN=C(NCCCc1cccc(OC)c1)NCCc1ccccc1F.I. The van der Waals surface area contributed by atoms with Crippen molar-refractivity contribution in [1.29, 1.82) is 0 Å². The normalized spacial score (nSPS) is 10.8. The third-order valence-electron chi connectivity index (χ3n) is 3.94. The second kappa shape index (κ2) is 12.5. The third kappa shape index (κ3) is 7.59. The predicted octanol–water partition coefficient (Wildman–Crippen LogP) is 3.79. The second-order valence-electron chi connectivity index (χ2n) is 5.72. The molecule has 0 aliphatic rings. The van der Waals surface area contributed by atoms with E-state index in [9.17, 15) is 4.39 Å². The molecule has 0 aromatic heterocycles. The number of aliphatic imine (C=N–C) groups is 1. The molecule has 0 heterocycles. The van der Waals surface area contributed by atoms with Gasteiger partial charge in [0, 0.05) is 20.1 Å². The lowest BCUT2D eigenvalue weighted by Gasteiger charge is -2.12. The van der Waals surface area contributed by atoms with E-state index in [2.05, 4.69) is 27.8 Å². The highest BCUT2D eigenvalue weighted by Gasteiger charge is 2.02. The Kier molecular flexibility index (Phi) is 10.7. The molecular weight excluding hydrogens is 444 g/mol. The van der Waals surface area contributed by atoms with Gasteiger partial charge < -0.3 is 15.4 Å². The van der Waals surface area contributed by atoms with Gasteiger partial charge >= 0.3 is 0 Å². The van der Waals surface area contributed by atoms with Gasteiger partial charge in [-0.15, -0.1) is 24.0 Å². The standard InChI is InChI=1S/C20H26FN3O.HI/c1-22-20(24-14-12-17-9-3-4-11-19(17)21)23-13-6-8-16-7-5-10-18(15-16)25-2;/h3-5,7,9-11,15H,6,8,12-14H2,1-2H3,(H2,22,23,24);1H. The van der Waals surface area contributed by atoms with Crippen LogP contribution in [0.25, 0.3) is 0 Å². The van der Waals surface area contributed by atoms with Crippen molar-refractivity contribution in [2.45, 2.75) is 19.3 Å². The summed E-state index contributed by atoms with van der Waals surface area (Å²) in [6.07, 6.45) is 2.58. The number of hydrogen-bond donors (Lipinski definition) is 2. The van der Waals surface area contributed by atoms with Gasteiger partial charge in [0.05, 0.1) is 7.11 Å². The summed E-state index contributed by atoms with van der Waals surface area (Å²) < 4.78 is 18.8. The van der Waals surface area contributed by atoms with Crippen molar-refractivity contribution in [3.8, 4) is 5.75 Å². The maximum absolute atomic E-state index is 13.6. The van der Waals surface area contributed by atoms with Gasteiger partial charge in [0.15, 0.2) is 5.96 Å². The van der Waals surface area contributed by atoms with Gasteiger partial charge in [-0.05, 0) is 48.6 Å². The summed E-state index contributed by atoms with van der Waals surface area (Å²) in [7, 11) is 3.41. The number of nitrogens with one attached hydrogen (secondary N) is 2. The van der Waals surface area contributed by atoms with Crippen LogP contribution < -0.4 is 15.4 Å². The van der Waals surface area contributed by atoms with E-state index in [1.807, 2.05) is 18.2 Å². The first-order valence-electron chi connectivity index (χ1n) is 8.54. The van der Waals surface area contributed by atoms with Crippen LogP contribution in [0.3, 0.4) is 0 Å². The fourth-order valence-corrected chi connectivity index (χ4v) is 2.56. The summed E-state index contributed by atoms with van der Waals surface area (Å²) in [5.74, 6) is 1.46. The second-order valence-corrected chi connectivity index (χ2v) is 5.72. The minimum Gasteiger partial charge on any atom is -0.497 e. The zero-order valence-corrected chi connectivity index (χ0v) is 17.6. The first-order valence-corrected chi connectivity index (χ1v) is 8.54. The average Bonchev–Trinajstić information content (AvgIpc) is 2.65. The van der Waals surface area contributed by atoms with Crippen LogP contribution in [0.15, 0.2) is 53.5 Å². The van der Waals surface area contributed by atoms with E-state index in [1.54, 1.807) is 26.3 Å². The molecule has 0 fully saturated rings. The summed E-state index contributed by atoms with van der Waals surface area (Å²) in [6, 6.07) is 15.0. The van der Waals surface area contributed by atoms with E-state index in [-0.39, 0.29) is 29.8 Å². The van der Waals surface area contributed by atoms with E-state index in [1.165, 1.54) is 11.6 Å². The van der Waals surface area contributed by atoms with Crippen LogP contribution in [0.1, 0.15) is 17.5 Å². The Hall–Kier alpha value is -1.83. The summed E-state index contributed by atoms with van der Waals surface area (Å²) >= 11 is 0. The third-order valence-corrected chi connectivity index (χ3v) is 3.94. The molecule has 0 bridgehead atoms. The van der Waals surface area contributed by atoms with Crippen molar-refractivity contribution in [2.24, 2.45) is 4.99 Å². The zero-order chi connectivity index (χ0) is 17.9. The number of benzene rings is 2. The molecule has 2 aromatic carbocycles. The Morgan fingerprint density at radius 3 is 2.54 bits per heavy atom. The fraction of sp³-hybridized carbons (Fsp3) is 0.350. The highest BCUT2D eigenvalue weighted by atomic mass is 127. The Labute approximate surface area is 172 Å². The summed E-state index contributed by atoms with van der Waals surface area (Å²) in [4.78, 5) is 4.19. The molecule has 142 valence electrons. The van der Waals surface area contributed by atoms with Crippen molar-refractivity contribution < 1.29 is 9.13 Å². The minimum absolute atomic E-state index is 0. The minimum atomic E-state index is -0.162. The van der Waals surface area contributed by atoms with Crippen molar-refractivity contribution in [3.63, 3.8) is 0 Å². The number of nitrogens with zero attached hydrogens (tertiary/aromatic N) is 1. The molecule has 0 unspecified atom stereocenters. The molecule has 0 aliphatic heterocycles. The number of hydrogen-bond acceptors (Lipinski definition) is 2. The van der Waals surface area contributed by atoms with E-state index < -0.39 is 0 Å². The van der Waals surface area contributed by atoms with Crippen LogP contribution >= 0.6 is 24.0 Å². The van der Waals surface area contributed by atoms with Gasteiger partial charge in [0.1, 0.15) is 11.6 Å². The number of aryl methyl sites for hydroxylation is 1. The molecule has 2 rings (SSSR count). The monoisotopic (exact) mass is 471 g/mol. The molecule has 6 heteroatoms. The molecule has 0 saturated carbocycles. The lowest BCUT2D eigenvalue weighted by atomic mass is 10.1. The van der Waals surface area contributed by atoms with Crippen molar-refractivity contribution in [1.82, 2.24) is 10.6 Å². The van der Waals surface area contributed by atoms with Gasteiger partial charge in [0.2, 0.25) is 0 Å². The Morgan fingerprint density at radius 1 is 1.04 bits per heavy atom. The molecule has 0 saturated heterocycles. The lowest BCUT2D eigenvalue weighted by Crippen LogP contribution is -2.38. The smallest absolute Gasteiger partial charge is 0.190 e. The van der Waals surface area contributed by atoms with Crippen LogP contribution in [-0.2, 0) is 12.8 Å². The maximum atomic E-state index is 13.6. The Morgan fingerprint density at radius 2 is 1.81 bits per heavy atom. The average molecular weight is 471 g/mol. The van der Waals surface area contributed by atoms with Gasteiger partial charge in [-0.3, -0.25) is 4.99 Å². The largest absolute Gasteiger partial charge is 0.497 e. The molecule has 0 amide bonds. The topological polar surface area (TPSA) is 45.7 Å². The van der Waals surface area contributed by atoms with Crippen LogP contribution in [-0.4, -0.2) is 33.2 Å². The molecule has 0 spiro atoms. The van der Waals surface area contributed by atoms with Gasteiger partial charge in [-0.25, -0.2) is 4.39 Å². The predicted molar refractivity (Wildman–Crippen MR) is 116 cm³/mol. The number of ether oxygens (including phenoxy) is 1.